The zero-order valence-electron chi connectivity index (χ0n) is 63.5. The Balaban J connectivity index is 5.28. The Labute approximate surface area is 600 Å². The summed E-state index contributed by atoms with van der Waals surface area (Å²) in [4.78, 5) is 73.0. The zero-order valence-corrected chi connectivity index (χ0v) is 65.3. The Hall–Kier alpha value is -2.20. The third-order valence-corrected chi connectivity index (χ3v) is 20.2. The van der Waals surface area contributed by atoms with Crippen molar-refractivity contribution in [2.45, 2.75) is 431 Å². The van der Waals surface area contributed by atoms with Crippen LogP contribution < -0.4 is 0 Å². The van der Waals surface area contributed by atoms with Gasteiger partial charge in [-0.15, -0.1) is 0 Å². The molecule has 0 spiro atoms. The third-order valence-electron chi connectivity index (χ3n) is 18.3. The number of carbonyl (C=O) groups is 4. The molecular formula is C79H152O17P2. The fraction of sp³-hybridized carbons (Fsp3) is 0.924. The molecule has 0 bridgehead atoms. The highest BCUT2D eigenvalue weighted by Gasteiger charge is 2.30. The van der Waals surface area contributed by atoms with Crippen molar-refractivity contribution >= 4 is 39.5 Å². The highest BCUT2D eigenvalue weighted by molar-refractivity contribution is 7.47. The molecule has 0 aromatic rings. The average molecular weight is 1440 g/mol. The van der Waals surface area contributed by atoms with Crippen LogP contribution in [0.15, 0.2) is 12.2 Å². The van der Waals surface area contributed by atoms with Crippen LogP contribution in [0.4, 0.5) is 0 Å². The number of hydrogen-bond acceptors (Lipinski definition) is 15. The minimum atomic E-state index is -4.96. The summed E-state index contributed by atoms with van der Waals surface area (Å²) >= 11 is 0. The Bertz CT molecular complexity index is 1910. The number of carbonyl (C=O) groups excluding carboxylic acids is 4. The number of rotatable bonds is 79. The van der Waals surface area contributed by atoms with Gasteiger partial charge in [-0.05, 0) is 51.4 Å². The van der Waals surface area contributed by atoms with Gasteiger partial charge in [0.1, 0.15) is 19.3 Å². The summed E-state index contributed by atoms with van der Waals surface area (Å²) in [5.74, 6) is -2.12. The van der Waals surface area contributed by atoms with Gasteiger partial charge in [-0.2, -0.15) is 0 Å². The molecule has 0 rings (SSSR count). The molecule has 0 saturated heterocycles. The van der Waals surface area contributed by atoms with E-state index in [0.717, 1.165) is 103 Å². The van der Waals surface area contributed by atoms with Crippen molar-refractivity contribution in [1.29, 1.82) is 0 Å². The Morgan fingerprint density at radius 3 is 0.704 bits per heavy atom. The first kappa shape index (κ1) is 95.8. The molecule has 0 amide bonds. The molecule has 580 valence electrons. The van der Waals surface area contributed by atoms with E-state index in [0.29, 0.717) is 25.7 Å². The maximum Gasteiger partial charge on any atom is 0.472 e. The second-order valence-corrected chi connectivity index (χ2v) is 31.0. The first-order valence-corrected chi connectivity index (χ1v) is 43.9. The van der Waals surface area contributed by atoms with Crippen LogP contribution in [0, 0.1) is 0 Å². The molecule has 5 atom stereocenters. The van der Waals surface area contributed by atoms with Gasteiger partial charge in [0.15, 0.2) is 12.2 Å². The van der Waals surface area contributed by atoms with Crippen LogP contribution >= 0.6 is 15.6 Å². The Morgan fingerprint density at radius 1 is 0.276 bits per heavy atom. The third kappa shape index (κ3) is 72.2. The Kier molecular flexibility index (Phi) is 71.5. The van der Waals surface area contributed by atoms with Crippen molar-refractivity contribution in [2.75, 3.05) is 39.6 Å². The van der Waals surface area contributed by atoms with Gasteiger partial charge in [0, 0.05) is 25.7 Å². The lowest BCUT2D eigenvalue weighted by molar-refractivity contribution is -0.161. The fourth-order valence-corrected chi connectivity index (χ4v) is 13.6. The lowest BCUT2D eigenvalue weighted by Crippen LogP contribution is -2.30. The van der Waals surface area contributed by atoms with Crippen LogP contribution in [0.1, 0.15) is 413 Å². The molecule has 0 aliphatic heterocycles. The molecule has 0 heterocycles. The van der Waals surface area contributed by atoms with Gasteiger partial charge in [-0.3, -0.25) is 37.3 Å². The van der Waals surface area contributed by atoms with Crippen molar-refractivity contribution in [1.82, 2.24) is 0 Å². The second-order valence-electron chi connectivity index (χ2n) is 28.1. The SMILES string of the molecule is CCCCCCCC/C=C\CCCCCCCC(=O)O[C@H](COC(=O)CCCCCCCCCCCCCCC)COP(=O)(O)OC[C@H](O)COP(=O)(O)OC[C@@H](COC(=O)CCCCCCCCCCCCCCCCC)OC(=O)CCCCCCCCCCCCCCCCC. The molecule has 98 heavy (non-hydrogen) atoms. The van der Waals surface area contributed by atoms with E-state index in [2.05, 4.69) is 39.8 Å². The number of ether oxygens (including phenoxy) is 4. The molecule has 0 aliphatic rings. The molecule has 3 N–H and O–H groups in total. The van der Waals surface area contributed by atoms with Crippen molar-refractivity contribution < 1.29 is 80.2 Å². The van der Waals surface area contributed by atoms with Crippen molar-refractivity contribution in [3.63, 3.8) is 0 Å². The number of phosphoric ester groups is 2. The van der Waals surface area contributed by atoms with Crippen LogP contribution in [0.2, 0.25) is 0 Å². The molecular weight excluding hydrogens is 1280 g/mol. The van der Waals surface area contributed by atoms with E-state index in [1.54, 1.807) is 0 Å². The van der Waals surface area contributed by atoms with Crippen LogP contribution in [-0.2, 0) is 65.4 Å². The average Bonchev–Trinajstić information content (AvgIpc) is 1.05. The van der Waals surface area contributed by atoms with Crippen molar-refractivity contribution in [3.8, 4) is 0 Å². The number of esters is 4. The molecule has 0 aliphatic carbocycles. The van der Waals surface area contributed by atoms with Gasteiger partial charge in [0.25, 0.3) is 0 Å². The number of phosphoric acid groups is 2. The van der Waals surface area contributed by atoms with Gasteiger partial charge in [0.05, 0.1) is 26.4 Å². The summed E-state index contributed by atoms with van der Waals surface area (Å²) in [6.07, 6.45) is 66.0. The predicted octanol–water partition coefficient (Wildman–Crippen LogP) is 23.6. The number of aliphatic hydroxyl groups is 1. The van der Waals surface area contributed by atoms with E-state index in [1.165, 1.54) is 231 Å². The van der Waals surface area contributed by atoms with E-state index in [1.807, 2.05) is 0 Å². The minimum absolute atomic E-state index is 0.0952. The molecule has 17 nitrogen and oxygen atoms in total. The van der Waals surface area contributed by atoms with Gasteiger partial charge in [0.2, 0.25) is 0 Å². The Morgan fingerprint density at radius 2 is 0.469 bits per heavy atom. The van der Waals surface area contributed by atoms with Crippen molar-refractivity contribution in [2.24, 2.45) is 0 Å². The molecule has 19 heteroatoms. The van der Waals surface area contributed by atoms with Crippen LogP contribution in [0.5, 0.6) is 0 Å². The van der Waals surface area contributed by atoms with Crippen LogP contribution in [-0.4, -0.2) is 96.7 Å². The highest BCUT2D eigenvalue weighted by atomic mass is 31.2. The number of aliphatic hydroxyl groups excluding tert-OH is 1. The number of allylic oxidation sites excluding steroid dienone is 2. The van der Waals surface area contributed by atoms with Gasteiger partial charge in [-0.1, -0.05) is 348 Å². The zero-order chi connectivity index (χ0) is 71.8. The van der Waals surface area contributed by atoms with Crippen molar-refractivity contribution in [3.05, 3.63) is 12.2 Å². The first-order valence-electron chi connectivity index (χ1n) is 40.9. The lowest BCUT2D eigenvalue weighted by Gasteiger charge is -2.21. The summed E-state index contributed by atoms with van der Waals surface area (Å²) in [6.45, 7) is 4.99. The largest absolute Gasteiger partial charge is 0.472 e. The second kappa shape index (κ2) is 73.1. The molecule has 0 fully saturated rings. The normalized spacial score (nSPS) is 13.9. The molecule has 0 saturated carbocycles. The minimum Gasteiger partial charge on any atom is -0.462 e. The van der Waals surface area contributed by atoms with Gasteiger partial charge >= 0.3 is 39.5 Å². The van der Waals surface area contributed by atoms with Gasteiger partial charge < -0.3 is 33.8 Å². The molecule has 0 aromatic heterocycles. The maximum atomic E-state index is 13.1. The molecule has 2 unspecified atom stereocenters. The molecule has 0 radical (unpaired) electrons. The summed E-state index contributed by atoms with van der Waals surface area (Å²) in [6, 6.07) is 0. The maximum absolute atomic E-state index is 13.1. The quantitative estimate of drug-likeness (QED) is 0.0169. The number of hydrogen-bond donors (Lipinski definition) is 3. The van der Waals surface area contributed by atoms with Crippen LogP contribution in [0.25, 0.3) is 0 Å². The molecule has 0 aromatic carbocycles. The summed E-state index contributed by atoms with van der Waals surface area (Å²) in [5.41, 5.74) is 0. The van der Waals surface area contributed by atoms with E-state index in [-0.39, 0.29) is 25.7 Å². The van der Waals surface area contributed by atoms with Crippen LogP contribution in [0.3, 0.4) is 0 Å². The predicted molar refractivity (Wildman–Crippen MR) is 400 cm³/mol. The first-order chi connectivity index (χ1) is 47.7. The fourth-order valence-electron chi connectivity index (χ4n) is 12.0. The van der Waals surface area contributed by atoms with E-state index in [9.17, 15) is 43.2 Å². The standard InChI is InChI=1S/C79H152O17P2/c1-5-9-13-17-21-25-29-33-36-40-44-48-52-56-60-64-77(82)90-70-75(96-79(84)66-62-58-54-50-46-42-38-35-31-27-23-19-15-11-7-3)72-94-98(87,88)92-68-73(80)67-91-97(85,86)93-71-74(69-89-76(81)63-59-55-51-47-43-39-32-28-24-20-16-12-8-4)95-78(83)65-61-57-53-49-45-41-37-34-30-26-22-18-14-10-6-2/h34,37,73-75,80H,5-33,35-36,38-72H2,1-4H3,(H,85,86)(H,87,88)/b37-34-/t73-,74+,75+/m0/s1. The lowest BCUT2D eigenvalue weighted by atomic mass is 10.0. The number of unbranched alkanes of at least 4 members (excludes halogenated alkanes) is 51. The van der Waals surface area contributed by atoms with E-state index in [4.69, 9.17) is 37.0 Å². The van der Waals surface area contributed by atoms with E-state index >= 15 is 0 Å². The summed E-state index contributed by atoms with van der Waals surface area (Å²) in [5, 5.41) is 10.6. The van der Waals surface area contributed by atoms with E-state index < -0.39 is 97.5 Å². The summed E-state index contributed by atoms with van der Waals surface area (Å²) in [7, 11) is -9.92. The monoisotopic (exact) mass is 1440 g/mol. The highest BCUT2D eigenvalue weighted by Crippen LogP contribution is 2.45. The smallest absolute Gasteiger partial charge is 0.462 e. The van der Waals surface area contributed by atoms with Gasteiger partial charge in [-0.25, -0.2) is 9.13 Å². The summed E-state index contributed by atoms with van der Waals surface area (Å²) < 4.78 is 68.7. The topological polar surface area (TPSA) is 237 Å².